The average Bonchev–Trinajstić information content (AvgIpc) is 1.83. The second-order valence-corrected chi connectivity index (χ2v) is 5.48. The summed E-state index contributed by atoms with van der Waals surface area (Å²) in [5.74, 6) is 0. The van der Waals surface area contributed by atoms with Crippen molar-refractivity contribution in [3.63, 3.8) is 0 Å². The van der Waals surface area contributed by atoms with Crippen molar-refractivity contribution in [1.29, 1.82) is 0 Å². The Hall–Kier alpha value is -0.0151. The highest BCUT2D eigenvalue weighted by Gasteiger charge is 2.40. The third-order valence-corrected chi connectivity index (χ3v) is 1.96. The lowest BCUT2D eigenvalue weighted by molar-refractivity contribution is 0.0197. The van der Waals surface area contributed by atoms with Crippen LogP contribution in [-0.2, 0) is 9.31 Å². The standard InChI is InChI=1S/C9H19BO2/c1-8(2,3)10-11-6-9(4,5)7-12-10/h6-7H2,1-5H3. The van der Waals surface area contributed by atoms with Gasteiger partial charge in [-0.3, -0.25) is 0 Å². The first-order valence-electron chi connectivity index (χ1n) is 4.54. The topological polar surface area (TPSA) is 18.5 Å². The SMILES string of the molecule is CC1(C)COB(C(C)(C)C)OC1. The van der Waals surface area contributed by atoms with Crippen LogP contribution in [0.4, 0.5) is 0 Å². The summed E-state index contributed by atoms with van der Waals surface area (Å²) in [6, 6.07) is 0. The lowest BCUT2D eigenvalue weighted by Crippen LogP contribution is -2.45. The van der Waals surface area contributed by atoms with Crippen LogP contribution in [-0.4, -0.2) is 20.3 Å². The molecule has 1 aliphatic rings. The molecule has 0 atom stereocenters. The highest BCUT2D eigenvalue weighted by Crippen LogP contribution is 2.33. The van der Waals surface area contributed by atoms with Crippen LogP contribution in [0.1, 0.15) is 34.6 Å². The highest BCUT2D eigenvalue weighted by molar-refractivity contribution is 6.48. The molecule has 0 N–H and O–H groups in total. The molecule has 0 aromatic heterocycles. The fourth-order valence-corrected chi connectivity index (χ4v) is 1.19. The van der Waals surface area contributed by atoms with Gasteiger partial charge in [0, 0.05) is 18.6 Å². The van der Waals surface area contributed by atoms with Gasteiger partial charge in [-0.15, -0.1) is 0 Å². The van der Waals surface area contributed by atoms with Gasteiger partial charge in [0.25, 0.3) is 0 Å². The Morgan fingerprint density at radius 3 is 1.83 bits per heavy atom. The van der Waals surface area contributed by atoms with Gasteiger partial charge >= 0.3 is 7.12 Å². The van der Waals surface area contributed by atoms with E-state index in [-0.39, 0.29) is 17.8 Å². The summed E-state index contributed by atoms with van der Waals surface area (Å²) in [5.41, 5.74) is 0.182. The molecule has 0 bridgehead atoms. The monoisotopic (exact) mass is 170 g/mol. The number of hydrogen-bond donors (Lipinski definition) is 0. The van der Waals surface area contributed by atoms with E-state index in [2.05, 4.69) is 34.6 Å². The van der Waals surface area contributed by atoms with Crippen LogP contribution in [0.5, 0.6) is 0 Å². The molecule has 2 nitrogen and oxygen atoms in total. The Balaban J connectivity index is 2.47. The second kappa shape index (κ2) is 3.04. The van der Waals surface area contributed by atoms with Gasteiger partial charge in [0.2, 0.25) is 0 Å². The van der Waals surface area contributed by atoms with Crippen molar-refractivity contribution >= 4 is 7.12 Å². The quantitative estimate of drug-likeness (QED) is 0.519. The van der Waals surface area contributed by atoms with E-state index in [1.165, 1.54) is 0 Å². The van der Waals surface area contributed by atoms with Crippen LogP contribution >= 0.6 is 0 Å². The molecule has 0 unspecified atom stereocenters. The van der Waals surface area contributed by atoms with Gasteiger partial charge in [0.1, 0.15) is 0 Å². The van der Waals surface area contributed by atoms with Gasteiger partial charge in [-0.25, -0.2) is 0 Å². The van der Waals surface area contributed by atoms with Gasteiger partial charge in [-0.1, -0.05) is 34.6 Å². The van der Waals surface area contributed by atoms with E-state index < -0.39 is 0 Å². The average molecular weight is 170 g/mol. The van der Waals surface area contributed by atoms with Crippen molar-refractivity contribution in [2.24, 2.45) is 5.41 Å². The maximum absolute atomic E-state index is 5.64. The molecule has 0 aromatic carbocycles. The number of hydrogen-bond acceptors (Lipinski definition) is 2. The Bertz CT molecular complexity index is 150. The zero-order valence-electron chi connectivity index (χ0n) is 8.81. The fourth-order valence-electron chi connectivity index (χ4n) is 1.19. The van der Waals surface area contributed by atoms with E-state index in [0.717, 1.165) is 13.2 Å². The van der Waals surface area contributed by atoms with E-state index >= 15 is 0 Å². The Morgan fingerprint density at radius 2 is 1.50 bits per heavy atom. The predicted molar refractivity (Wildman–Crippen MR) is 51.2 cm³/mol. The molecule has 1 rings (SSSR count). The third kappa shape index (κ3) is 2.49. The minimum atomic E-state index is -0.0366. The Labute approximate surface area is 75.8 Å². The van der Waals surface area contributed by atoms with Crippen molar-refractivity contribution < 1.29 is 9.31 Å². The zero-order chi connectivity index (χ0) is 9.41. The van der Waals surface area contributed by atoms with E-state index in [1.807, 2.05) is 0 Å². The lowest BCUT2D eigenvalue weighted by Gasteiger charge is -2.37. The van der Waals surface area contributed by atoms with Crippen LogP contribution in [0.2, 0.25) is 5.31 Å². The van der Waals surface area contributed by atoms with Crippen LogP contribution in [0.3, 0.4) is 0 Å². The number of rotatable bonds is 0. The maximum atomic E-state index is 5.64. The summed E-state index contributed by atoms with van der Waals surface area (Å²) >= 11 is 0. The first kappa shape index (κ1) is 10.1. The minimum absolute atomic E-state index is 0.0366. The largest absolute Gasteiger partial charge is 0.462 e. The smallest absolute Gasteiger partial charge is 0.410 e. The zero-order valence-corrected chi connectivity index (χ0v) is 8.81. The minimum Gasteiger partial charge on any atom is -0.410 e. The Kier molecular flexibility index (Phi) is 2.55. The van der Waals surface area contributed by atoms with Gasteiger partial charge in [-0.05, 0) is 5.31 Å². The molecular formula is C9H19BO2. The predicted octanol–water partition coefficient (Wildman–Crippen LogP) is 2.35. The maximum Gasteiger partial charge on any atom is 0.462 e. The van der Waals surface area contributed by atoms with E-state index in [0.29, 0.717) is 0 Å². The van der Waals surface area contributed by atoms with Crippen molar-refractivity contribution in [3.8, 4) is 0 Å². The lowest BCUT2D eigenvalue weighted by atomic mass is 9.60. The van der Waals surface area contributed by atoms with Gasteiger partial charge in [-0.2, -0.15) is 0 Å². The normalized spacial score (nSPS) is 24.2. The van der Waals surface area contributed by atoms with Crippen molar-refractivity contribution in [1.82, 2.24) is 0 Å². The van der Waals surface area contributed by atoms with E-state index in [1.54, 1.807) is 0 Å². The molecule has 0 aliphatic carbocycles. The molecule has 1 heterocycles. The first-order chi connectivity index (χ1) is 5.31. The molecule has 1 saturated heterocycles. The molecule has 0 saturated carbocycles. The van der Waals surface area contributed by atoms with Gasteiger partial charge < -0.3 is 9.31 Å². The summed E-state index contributed by atoms with van der Waals surface area (Å²) in [5, 5.41) is 0.0938. The third-order valence-electron chi connectivity index (χ3n) is 1.96. The van der Waals surface area contributed by atoms with Crippen molar-refractivity contribution in [3.05, 3.63) is 0 Å². The summed E-state index contributed by atoms with van der Waals surface area (Å²) in [6.07, 6.45) is 0. The summed E-state index contributed by atoms with van der Waals surface area (Å²) < 4.78 is 11.3. The molecule has 12 heavy (non-hydrogen) atoms. The van der Waals surface area contributed by atoms with Crippen LogP contribution in [0, 0.1) is 5.41 Å². The van der Waals surface area contributed by atoms with Gasteiger partial charge in [0.05, 0.1) is 0 Å². The summed E-state index contributed by atoms with van der Waals surface area (Å²) in [6.45, 7) is 12.3. The first-order valence-corrected chi connectivity index (χ1v) is 4.54. The van der Waals surface area contributed by atoms with Gasteiger partial charge in [0.15, 0.2) is 0 Å². The molecule has 0 spiro atoms. The molecule has 0 radical (unpaired) electrons. The molecule has 3 heteroatoms. The van der Waals surface area contributed by atoms with Crippen LogP contribution in [0.15, 0.2) is 0 Å². The molecule has 0 amide bonds. The Morgan fingerprint density at radius 1 is 1.08 bits per heavy atom. The van der Waals surface area contributed by atoms with E-state index in [4.69, 9.17) is 9.31 Å². The molecule has 70 valence electrons. The molecule has 1 aliphatic heterocycles. The van der Waals surface area contributed by atoms with Crippen LogP contribution in [0.25, 0.3) is 0 Å². The van der Waals surface area contributed by atoms with Crippen LogP contribution < -0.4 is 0 Å². The van der Waals surface area contributed by atoms with Crippen molar-refractivity contribution in [2.75, 3.05) is 13.2 Å². The second-order valence-electron chi connectivity index (χ2n) is 5.48. The van der Waals surface area contributed by atoms with E-state index in [9.17, 15) is 0 Å². The molecule has 0 aromatic rings. The molecular weight excluding hydrogens is 151 g/mol. The highest BCUT2D eigenvalue weighted by atomic mass is 16.6. The molecule has 1 fully saturated rings. The summed E-state index contributed by atoms with van der Waals surface area (Å²) in [4.78, 5) is 0. The van der Waals surface area contributed by atoms with Crippen molar-refractivity contribution in [2.45, 2.75) is 39.9 Å². The fraction of sp³-hybridized carbons (Fsp3) is 1.00. The summed E-state index contributed by atoms with van der Waals surface area (Å²) in [7, 11) is -0.0366.